The molecule has 2 N–H and O–H groups in total. The first kappa shape index (κ1) is 21.6. The van der Waals surface area contributed by atoms with Gasteiger partial charge < -0.3 is 5.32 Å². The van der Waals surface area contributed by atoms with Gasteiger partial charge in [-0.25, -0.2) is 22.6 Å². The summed E-state index contributed by atoms with van der Waals surface area (Å²) in [5.74, 6) is -1.72. The number of nitrogens with one attached hydrogen (secondary N) is 2. The third-order valence-corrected chi connectivity index (χ3v) is 6.85. The Balaban J connectivity index is 1.59. The molecule has 6 nitrogen and oxygen atoms in total. The summed E-state index contributed by atoms with van der Waals surface area (Å²) in [4.78, 5) is 12.5. The van der Waals surface area contributed by atoms with Crippen LogP contribution in [0.1, 0.15) is 21.5 Å². The average Bonchev–Trinajstić information content (AvgIpc) is 3.14. The second-order valence-corrected chi connectivity index (χ2v) is 9.54. The molecule has 1 heterocycles. The third kappa shape index (κ3) is 4.52. The van der Waals surface area contributed by atoms with E-state index >= 15 is 0 Å². The number of anilines is 2. The molecule has 4 rings (SSSR count). The second-order valence-electron chi connectivity index (χ2n) is 6.88. The van der Waals surface area contributed by atoms with E-state index in [4.69, 9.17) is 23.2 Å². The van der Waals surface area contributed by atoms with Crippen LogP contribution in [0.5, 0.6) is 0 Å². The van der Waals surface area contributed by atoms with Crippen molar-refractivity contribution in [1.82, 2.24) is 5.43 Å². The number of amides is 1. The van der Waals surface area contributed by atoms with Gasteiger partial charge in [-0.15, -0.1) is 0 Å². The lowest BCUT2D eigenvalue weighted by Crippen LogP contribution is -2.38. The van der Waals surface area contributed by atoms with Crippen molar-refractivity contribution >= 4 is 50.5 Å². The first-order valence-electron chi connectivity index (χ1n) is 9.14. The van der Waals surface area contributed by atoms with Crippen LogP contribution in [0.2, 0.25) is 10.0 Å². The summed E-state index contributed by atoms with van der Waals surface area (Å²) in [6.07, 6.45) is 0. The highest BCUT2D eigenvalue weighted by Gasteiger charge is 2.30. The smallest absolute Gasteiger partial charge is 0.260 e. The molecule has 0 aromatic heterocycles. The van der Waals surface area contributed by atoms with Gasteiger partial charge in [0.2, 0.25) is 0 Å². The summed E-state index contributed by atoms with van der Waals surface area (Å²) in [6.45, 7) is 0.308. The molecule has 0 bridgehead atoms. The van der Waals surface area contributed by atoms with Gasteiger partial charge in [-0.05, 0) is 47.5 Å². The maximum Gasteiger partial charge on any atom is 0.260 e. The van der Waals surface area contributed by atoms with Crippen LogP contribution in [0, 0.1) is 5.82 Å². The molecule has 1 aliphatic heterocycles. The van der Waals surface area contributed by atoms with Gasteiger partial charge in [0.05, 0.1) is 22.0 Å². The minimum Gasteiger partial charge on any atom is -0.322 e. The van der Waals surface area contributed by atoms with E-state index in [2.05, 4.69) is 10.7 Å². The normalized spacial score (nSPS) is 13.2. The number of carbonyl (C=O) groups excluding carboxylic acids is 1. The summed E-state index contributed by atoms with van der Waals surface area (Å²) in [6, 6.07) is 15.3. The van der Waals surface area contributed by atoms with E-state index in [1.165, 1.54) is 18.2 Å². The van der Waals surface area contributed by atoms with Crippen molar-refractivity contribution in [2.24, 2.45) is 0 Å². The van der Waals surface area contributed by atoms with Crippen molar-refractivity contribution in [2.45, 2.75) is 12.3 Å². The van der Waals surface area contributed by atoms with Crippen molar-refractivity contribution in [2.75, 3.05) is 9.73 Å². The standard InChI is InChI=1S/C21H16Cl2FN3O3S/c22-15-7-4-13(5-8-15)12-31(29,30)27-19-10-16(9-6-14(19)11-25-27)26-21(28)20-17(23)2-1-3-18(20)24/h1-10,25H,11-12H2,(H,26,28). The van der Waals surface area contributed by atoms with Crippen LogP contribution in [0.15, 0.2) is 60.7 Å². The number of halogens is 3. The zero-order valence-corrected chi connectivity index (χ0v) is 18.2. The van der Waals surface area contributed by atoms with E-state index < -0.39 is 21.7 Å². The minimum atomic E-state index is -3.76. The fourth-order valence-electron chi connectivity index (χ4n) is 3.23. The van der Waals surface area contributed by atoms with E-state index in [1.54, 1.807) is 36.4 Å². The second kappa shape index (κ2) is 8.47. The number of fused-ring (bicyclic) bond motifs is 1. The van der Waals surface area contributed by atoms with Crippen LogP contribution >= 0.6 is 23.2 Å². The predicted molar refractivity (Wildman–Crippen MR) is 119 cm³/mol. The zero-order chi connectivity index (χ0) is 22.2. The molecular formula is C21H16Cl2FN3O3S. The number of hydrogen-bond donors (Lipinski definition) is 2. The van der Waals surface area contributed by atoms with Gasteiger partial charge in [0.25, 0.3) is 15.9 Å². The van der Waals surface area contributed by atoms with Crippen molar-refractivity contribution < 1.29 is 17.6 Å². The molecule has 1 aliphatic rings. The summed E-state index contributed by atoms with van der Waals surface area (Å²) in [7, 11) is -3.76. The fraction of sp³-hybridized carbons (Fsp3) is 0.0952. The van der Waals surface area contributed by atoms with Crippen LogP contribution in [-0.4, -0.2) is 14.3 Å². The number of rotatable bonds is 5. The molecule has 3 aromatic rings. The van der Waals surface area contributed by atoms with E-state index in [-0.39, 0.29) is 16.3 Å². The Labute approximate surface area is 188 Å². The van der Waals surface area contributed by atoms with Gasteiger partial charge in [0.15, 0.2) is 0 Å². The minimum absolute atomic E-state index is 0.0208. The van der Waals surface area contributed by atoms with Crippen molar-refractivity contribution in [1.29, 1.82) is 0 Å². The number of benzene rings is 3. The van der Waals surface area contributed by atoms with E-state index in [9.17, 15) is 17.6 Å². The molecular weight excluding hydrogens is 464 g/mol. The van der Waals surface area contributed by atoms with Crippen LogP contribution < -0.4 is 15.2 Å². The molecule has 0 unspecified atom stereocenters. The Morgan fingerprint density at radius 1 is 1.10 bits per heavy atom. The molecule has 0 radical (unpaired) electrons. The monoisotopic (exact) mass is 479 g/mol. The quantitative estimate of drug-likeness (QED) is 0.553. The maximum absolute atomic E-state index is 14.0. The van der Waals surface area contributed by atoms with E-state index in [0.29, 0.717) is 28.5 Å². The lowest BCUT2D eigenvalue weighted by molar-refractivity contribution is 0.102. The third-order valence-electron chi connectivity index (χ3n) is 4.71. The van der Waals surface area contributed by atoms with Gasteiger partial charge in [-0.3, -0.25) is 4.79 Å². The molecule has 0 saturated carbocycles. The maximum atomic E-state index is 14.0. The van der Waals surface area contributed by atoms with Crippen LogP contribution in [-0.2, 0) is 22.3 Å². The largest absolute Gasteiger partial charge is 0.322 e. The fourth-order valence-corrected chi connectivity index (χ4v) is 5.08. The Bertz CT molecular complexity index is 1250. The summed E-state index contributed by atoms with van der Waals surface area (Å²) >= 11 is 11.8. The van der Waals surface area contributed by atoms with Crippen LogP contribution in [0.25, 0.3) is 0 Å². The first-order chi connectivity index (χ1) is 14.7. The Morgan fingerprint density at radius 2 is 1.84 bits per heavy atom. The summed E-state index contributed by atoms with van der Waals surface area (Å²) in [5.41, 5.74) is 4.57. The SMILES string of the molecule is O=C(Nc1ccc2c(c1)N(S(=O)(=O)Cc1ccc(Cl)cc1)NC2)c1c(F)cccc1Cl. The Kier molecular flexibility index (Phi) is 5.90. The number of carbonyl (C=O) groups is 1. The molecule has 0 aliphatic carbocycles. The average molecular weight is 480 g/mol. The molecule has 0 saturated heterocycles. The Morgan fingerprint density at radius 3 is 2.55 bits per heavy atom. The first-order valence-corrected chi connectivity index (χ1v) is 11.5. The topological polar surface area (TPSA) is 78.5 Å². The molecule has 1 amide bonds. The summed E-state index contributed by atoms with van der Waals surface area (Å²) < 4.78 is 41.0. The van der Waals surface area contributed by atoms with Gasteiger partial charge in [-0.2, -0.15) is 0 Å². The van der Waals surface area contributed by atoms with Crippen LogP contribution in [0.4, 0.5) is 15.8 Å². The number of sulfonamides is 1. The van der Waals surface area contributed by atoms with Crippen molar-refractivity contribution in [3.8, 4) is 0 Å². The van der Waals surface area contributed by atoms with E-state index in [0.717, 1.165) is 16.0 Å². The van der Waals surface area contributed by atoms with E-state index in [1.807, 2.05) is 0 Å². The molecule has 160 valence electrons. The van der Waals surface area contributed by atoms with Gasteiger partial charge in [0.1, 0.15) is 5.82 Å². The van der Waals surface area contributed by atoms with Gasteiger partial charge in [0, 0.05) is 17.3 Å². The van der Waals surface area contributed by atoms with Crippen molar-refractivity contribution in [3.63, 3.8) is 0 Å². The summed E-state index contributed by atoms with van der Waals surface area (Å²) in [5, 5.41) is 3.06. The molecule has 10 heteroatoms. The zero-order valence-electron chi connectivity index (χ0n) is 15.9. The van der Waals surface area contributed by atoms with Gasteiger partial charge >= 0.3 is 0 Å². The molecule has 0 spiro atoms. The molecule has 0 atom stereocenters. The highest BCUT2D eigenvalue weighted by atomic mass is 35.5. The number of hydrazine groups is 1. The molecule has 3 aromatic carbocycles. The highest BCUT2D eigenvalue weighted by Crippen LogP contribution is 2.32. The van der Waals surface area contributed by atoms with Crippen LogP contribution in [0.3, 0.4) is 0 Å². The number of nitrogens with zero attached hydrogens (tertiary/aromatic N) is 1. The highest BCUT2D eigenvalue weighted by molar-refractivity contribution is 7.92. The van der Waals surface area contributed by atoms with Crippen molar-refractivity contribution in [3.05, 3.63) is 93.2 Å². The lowest BCUT2D eigenvalue weighted by atomic mass is 10.1. The number of hydrogen-bond acceptors (Lipinski definition) is 4. The molecule has 31 heavy (non-hydrogen) atoms. The van der Waals surface area contributed by atoms with Gasteiger partial charge in [-0.1, -0.05) is 47.5 Å². The lowest BCUT2D eigenvalue weighted by Gasteiger charge is -2.20. The predicted octanol–water partition coefficient (Wildman–Crippen LogP) is 4.74. The Hall–Kier alpha value is -2.65. The molecule has 0 fully saturated rings.